The molecule has 2 aromatic rings. The number of allylic oxidation sites excluding steroid dienone is 1. The second-order valence-corrected chi connectivity index (χ2v) is 8.13. The number of para-hydroxylation sites is 1. The van der Waals surface area contributed by atoms with E-state index in [0.29, 0.717) is 5.92 Å². The summed E-state index contributed by atoms with van der Waals surface area (Å²) in [7, 11) is 0. The summed E-state index contributed by atoms with van der Waals surface area (Å²) >= 11 is 0. The number of carbonyl (C=O) groups excluding carboxylic acids is 1. The Hall–Kier alpha value is -3.41. The number of urea groups is 1. The molecule has 2 heterocycles. The first-order valence-corrected chi connectivity index (χ1v) is 11.4. The minimum atomic E-state index is -0.0514. The van der Waals surface area contributed by atoms with E-state index in [1.807, 2.05) is 71.9 Å². The summed E-state index contributed by atoms with van der Waals surface area (Å²) in [5, 5.41) is 3.01. The SMILES string of the molecule is CCCCC1/C(=N\c2ccc(Oc3ccccc3)cc2)NC(=O)N1CCCC1C=CN=C1. The van der Waals surface area contributed by atoms with Crippen molar-refractivity contribution in [2.24, 2.45) is 15.9 Å². The van der Waals surface area contributed by atoms with E-state index < -0.39 is 0 Å². The lowest BCUT2D eigenvalue weighted by molar-refractivity contribution is 0.201. The average Bonchev–Trinajstić information content (AvgIpc) is 3.43. The van der Waals surface area contributed by atoms with Crippen LogP contribution in [-0.2, 0) is 0 Å². The molecule has 0 radical (unpaired) electrons. The predicted octanol–water partition coefficient (Wildman–Crippen LogP) is 6.09. The van der Waals surface area contributed by atoms with Crippen LogP contribution < -0.4 is 10.1 Å². The third-order valence-electron chi connectivity index (χ3n) is 5.72. The molecule has 2 amide bonds. The van der Waals surface area contributed by atoms with E-state index in [-0.39, 0.29) is 12.1 Å². The first-order valence-electron chi connectivity index (χ1n) is 11.4. The molecule has 2 unspecified atom stereocenters. The molecule has 0 aromatic heterocycles. The molecular formula is C26H30N4O2. The van der Waals surface area contributed by atoms with Crippen LogP contribution in [0.5, 0.6) is 11.5 Å². The monoisotopic (exact) mass is 430 g/mol. The van der Waals surface area contributed by atoms with E-state index in [2.05, 4.69) is 23.3 Å². The third kappa shape index (κ3) is 5.63. The standard InChI is InChI=1S/C26H30N4O2/c1-2-3-11-24-25(29-26(31)30(24)18-7-8-20-16-17-27-19-20)28-21-12-14-23(15-13-21)32-22-9-5-4-6-10-22/h4-6,9-10,12-17,19-20,24H,2-3,7-8,11,18H2,1H3,(H,28,29,31). The molecule has 0 saturated carbocycles. The van der Waals surface area contributed by atoms with Crippen molar-refractivity contribution in [3.63, 3.8) is 0 Å². The molecule has 2 aliphatic rings. The van der Waals surface area contributed by atoms with Crippen LogP contribution >= 0.6 is 0 Å². The number of nitrogens with zero attached hydrogens (tertiary/aromatic N) is 3. The highest BCUT2D eigenvalue weighted by Gasteiger charge is 2.35. The van der Waals surface area contributed by atoms with Gasteiger partial charge in [-0.15, -0.1) is 0 Å². The van der Waals surface area contributed by atoms with E-state index in [1.165, 1.54) is 0 Å². The number of nitrogens with one attached hydrogen (secondary N) is 1. The molecule has 1 fully saturated rings. The first-order chi connectivity index (χ1) is 15.7. The fourth-order valence-corrected chi connectivity index (χ4v) is 3.99. The second kappa shape index (κ2) is 10.8. The van der Waals surface area contributed by atoms with Crippen LogP contribution in [0.4, 0.5) is 10.5 Å². The van der Waals surface area contributed by atoms with Crippen LogP contribution in [0.2, 0.25) is 0 Å². The number of rotatable bonds is 10. The molecule has 32 heavy (non-hydrogen) atoms. The molecular weight excluding hydrogens is 400 g/mol. The second-order valence-electron chi connectivity index (χ2n) is 8.13. The van der Waals surface area contributed by atoms with E-state index >= 15 is 0 Å². The van der Waals surface area contributed by atoms with E-state index in [9.17, 15) is 4.79 Å². The molecule has 6 heteroatoms. The minimum absolute atomic E-state index is 0.00418. The van der Waals surface area contributed by atoms with Gasteiger partial charge in [-0.05, 0) is 55.7 Å². The summed E-state index contributed by atoms with van der Waals surface area (Å²) in [6.45, 7) is 2.89. The van der Waals surface area contributed by atoms with Crippen LogP contribution in [0.1, 0.15) is 39.0 Å². The van der Waals surface area contributed by atoms with Gasteiger partial charge in [-0.3, -0.25) is 10.3 Å². The van der Waals surface area contributed by atoms with Crippen molar-refractivity contribution < 1.29 is 9.53 Å². The van der Waals surface area contributed by atoms with Crippen molar-refractivity contribution in [2.45, 2.75) is 45.1 Å². The molecule has 6 nitrogen and oxygen atoms in total. The number of hydrogen-bond donors (Lipinski definition) is 1. The quantitative estimate of drug-likeness (QED) is 0.496. The molecule has 2 atom stereocenters. The van der Waals surface area contributed by atoms with Gasteiger partial charge in [-0.1, -0.05) is 44.0 Å². The number of aliphatic imine (C=N–C) groups is 2. The normalized spacial score (nSPS) is 20.8. The molecule has 2 aliphatic heterocycles. The van der Waals surface area contributed by atoms with Crippen molar-refractivity contribution >= 4 is 23.8 Å². The van der Waals surface area contributed by atoms with Gasteiger partial charge < -0.3 is 9.64 Å². The lowest BCUT2D eigenvalue weighted by atomic mass is 10.0. The zero-order valence-electron chi connectivity index (χ0n) is 18.5. The third-order valence-corrected chi connectivity index (χ3v) is 5.72. The van der Waals surface area contributed by atoms with Gasteiger partial charge in [-0.2, -0.15) is 0 Å². The van der Waals surface area contributed by atoms with Gasteiger partial charge in [0.05, 0.1) is 11.7 Å². The first kappa shape index (κ1) is 21.8. The van der Waals surface area contributed by atoms with Gasteiger partial charge in [0.1, 0.15) is 17.3 Å². The maximum absolute atomic E-state index is 12.7. The Bertz CT molecular complexity index is 971. The Morgan fingerprint density at radius 3 is 2.53 bits per heavy atom. The molecule has 0 aliphatic carbocycles. The zero-order chi connectivity index (χ0) is 22.2. The van der Waals surface area contributed by atoms with Crippen LogP contribution in [0.15, 0.2) is 76.9 Å². The van der Waals surface area contributed by atoms with Crippen LogP contribution in [0, 0.1) is 5.92 Å². The smallest absolute Gasteiger partial charge is 0.323 e. The van der Waals surface area contributed by atoms with Crippen LogP contribution in [0.25, 0.3) is 0 Å². The Labute approximate surface area is 189 Å². The largest absolute Gasteiger partial charge is 0.457 e. The lowest BCUT2D eigenvalue weighted by Crippen LogP contribution is -2.36. The zero-order valence-corrected chi connectivity index (χ0v) is 18.5. The Balaban J connectivity index is 1.42. The van der Waals surface area contributed by atoms with Crippen molar-refractivity contribution in [3.8, 4) is 11.5 Å². The molecule has 166 valence electrons. The number of carbonyl (C=O) groups is 1. The maximum atomic E-state index is 12.7. The highest BCUT2D eigenvalue weighted by molar-refractivity contribution is 6.08. The van der Waals surface area contributed by atoms with E-state index in [0.717, 1.165) is 61.7 Å². The number of ether oxygens (including phenoxy) is 1. The summed E-state index contributed by atoms with van der Waals surface area (Å²) < 4.78 is 5.86. The molecule has 4 rings (SSSR count). The predicted molar refractivity (Wildman–Crippen MR) is 129 cm³/mol. The average molecular weight is 431 g/mol. The van der Waals surface area contributed by atoms with Crippen molar-refractivity contribution in [2.75, 3.05) is 6.54 Å². The molecule has 2 aromatic carbocycles. The number of amides is 2. The fourth-order valence-electron chi connectivity index (χ4n) is 3.99. The van der Waals surface area contributed by atoms with Crippen LogP contribution in [-0.4, -0.2) is 35.6 Å². The van der Waals surface area contributed by atoms with Gasteiger partial charge in [0.15, 0.2) is 0 Å². The van der Waals surface area contributed by atoms with Crippen molar-refractivity contribution in [1.82, 2.24) is 10.2 Å². The van der Waals surface area contributed by atoms with Gasteiger partial charge >= 0.3 is 6.03 Å². The number of unbranched alkanes of at least 4 members (excludes halogenated alkanes) is 1. The summed E-state index contributed by atoms with van der Waals surface area (Å²) in [6.07, 6.45) is 10.9. The Morgan fingerprint density at radius 2 is 1.81 bits per heavy atom. The van der Waals surface area contributed by atoms with E-state index in [4.69, 9.17) is 9.73 Å². The summed E-state index contributed by atoms with van der Waals surface area (Å²) in [6, 6.07) is 17.3. The lowest BCUT2D eigenvalue weighted by Gasteiger charge is -2.23. The number of benzene rings is 2. The highest BCUT2D eigenvalue weighted by Crippen LogP contribution is 2.26. The molecule has 0 spiro atoms. The van der Waals surface area contributed by atoms with Gasteiger partial charge in [-0.25, -0.2) is 9.79 Å². The van der Waals surface area contributed by atoms with Gasteiger partial charge in [0, 0.05) is 24.9 Å². The van der Waals surface area contributed by atoms with E-state index in [1.54, 1.807) is 0 Å². The van der Waals surface area contributed by atoms with Crippen molar-refractivity contribution in [3.05, 3.63) is 66.9 Å². The van der Waals surface area contributed by atoms with Gasteiger partial charge in [0.25, 0.3) is 0 Å². The molecule has 0 bridgehead atoms. The Kier molecular flexibility index (Phi) is 7.33. The Morgan fingerprint density at radius 1 is 1.03 bits per heavy atom. The molecule has 1 N–H and O–H groups in total. The summed E-state index contributed by atoms with van der Waals surface area (Å²) in [5.74, 6) is 2.68. The summed E-state index contributed by atoms with van der Waals surface area (Å²) in [5.41, 5.74) is 0.802. The highest BCUT2D eigenvalue weighted by atomic mass is 16.5. The maximum Gasteiger partial charge on any atom is 0.323 e. The molecule has 1 saturated heterocycles. The number of hydrogen-bond acceptors (Lipinski definition) is 4. The minimum Gasteiger partial charge on any atom is -0.457 e. The number of amidine groups is 1. The summed E-state index contributed by atoms with van der Waals surface area (Å²) in [4.78, 5) is 23.6. The fraction of sp³-hybridized carbons (Fsp3) is 0.346. The van der Waals surface area contributed by atoms with Crippen LogP contribution in [0.3, 0.4) is 0 Å². The van der Waals surface area contributed by atoms with Crippen molar-refractivity contribution in [1.29, 1.82) is 0 Å². The topological polar surface area (TPSA) is 66.3 Å². The van der Waals surface area contributed by atoms with Gasteiger partial charge in [0.2, 0.25) is 0 Å².